The summed E-state index contributed by atoms with van der Waals surface area (Å²) >= 11 is 14.1. The molecule has 7 aromatic heterocycles. The van der Waals surface area contributed by atoms with Crippen LogP contribution in [0, 0.1) is 0 Å². The summed E-state index contributed by atoms with van der Waals surface area (Å²) in [5, 5.41) is 8.45. The highest BCUT2D eigenvalue weighted by molar-refractivity contribution is 7.87. The number of benzene rings is 3. The largest absolute Gasteiger partial charge is 0.309 e. The Morgan fingerprint density at radius 2 is 0.684 bits per heavy atom. The fraction of sp³-hybridized carbons (Fsp3) is 0.512. The molecule has 95 heavy (non-hydrogen) atoms. The molecule has 0 N–H and O–H groups in total. The molecule has 0 spiro atoms. The van der Waals surface area contributed by atoms with Gasteiger partial charge in [0.05, 0.1) is 9.75 Å². The van der Waals surface area contributed by atoms with Crippen LogP contribution in [0.5, 0.6) is 0 Å². The van der Waals surface area contributed by atoms with Gasteiger partial charge in [-0.2, -0.15) is 0 Å². The van der Waals surface area contributed by atoms with Crippen molar-refractivity contribution in [3.8, 4) is 60.6 Å². The van der Waals surface area contributed by atoms with Gasteiger partial charge in [-0.05, 0) is 116 Å². The van der Waals surface area contributed by atoms with Crippen molar-refractivity contribution in [3.05, 3.63) is 135 Å². The topological polar surface area (TPSA) is 17.1 Å². The maximum absolute atomic E-state index is 17.8. The van der Waals surface area contributed by atoms with Crippen molar-refractivity contribution in [1.29, 1.82) is 0 Å². The van der Waals surface area contributed by atoms with Crippen LogP contribution in [0.3, 0.4) is 0 Å². The lowest BCUT2D eigenvalue weighted by Gasteiger charge is -2.20. The van der Waals surface area contributed by atoms with E-state index in [2.05, 4.69) is 176 Å². The van der Waals surface area contributed by atoms with Crippen molar-refractivity contribution >= 4 is 123 Å². The number of hydrogen-bond donors (Lipinski definition) is 0. The molecular formula is C86H111OPS7. The zero-order valence-electron chi connectivity index (χ0n) is 58.5. The summed E-state index contributed by atoms with van der Waals surface area (Å²) in [4.78, 5) is 15.3. The van der Waals surface area contributed by atoms with Crippen LogP contribution in [0.25, 0.3) is 80.8 Å². The molecule has 11 rings (SSSR count). The summed E-state index contributed by atoms with van der Waals surface area (Å²) in [5.74, 6) is 0. The molecule has 0 amide bonds. The van der Waals surface area contributed by atoms with Gasteiger partial charge in [-0.15, -0.1) is 79.4 Å². The molecular weight excluding hydrogens is 1300 g/mol. The standard InChI is InChI=1S/C86H111OPS7/c1-5-9-13-17-21-25-27-31-35-45-54-68-79-85(94-81(68)64-48-39-37-40-49-64)86-80(88(79,87)65-50-41-38-42-51-65)69(55-46-36-32-28-26-22-18-14-10-6-2)82(95-86)76-63-71-78(74-60-58-67(91-74)53-44-34-30-24-20-16-12-8-4)83-70(62-75(92-83)72-56-47-61-89-72)77(84(71)93-76)73-59-57-66(90-73)52-43-33-29-23-19-15-11-7-3/h37-42,47-51,56-63H,5-36,43-46,52-55H2,1-4H3. The summed E-state index contributed by atoms with van der Waals surface area (Å²) in [6.07, 6.45) is 51.9. The normalized spacial score (nSPS) is 13.8. The Bertz CT molecular complexity index is 3800. The van der Waals surface area contributed by atoms with Crippen LogP contribution in [0.1, 0.15) is 280 Å². The van der Waals surface area contributed by atoms with E-state index in [9.17, 15) is 0 Å². The van der Waals surface area contributed by atoms with Crippen LogP contribution in [0.15, 0.2) is 115 Å². The first kappa shape index (κ1) is 72.6. The molecule has 10 aromatic rings. The molecule has 0 saturated carbocycles. The molecule has 0 fully saturated rings. The smallest absolute Gasteiger partial charge is 0.174 e. The van der Waals surface area contributed by atoms with Gasteiger partial charge in [0.15, 0.2) is 7.14 Å². The van der Waals surface area contributed by atoms with Gasteiger partial charge in [0.1, 0.15) is 0 Å². The molecule has 508 valence electrons. The van der Waals surface area contributed by atoms with Crippen molar-refractivity contribution in [1.82, 2.24) is 0 Å². The van der Waals surface area contributed by atoms with Gasteiger partial charge in [-0.25, -0.2) is 0 Å². The highest BCUT2D eigenvalue weighted by Crippen LogP contribution is 2.63. The lowest BCUT2D eigenvalue weighted by atomic mass is 9.99. The third-order valence-corrected chi connectivity index (χ3v) is 32.5. The van der Waals surface area contributed by atoms with E-state index >= 15 is 4.57 Å². The molecule has 1 aliphatic heterocycles. The average molecular weight is 1420 g/mol. The zero-order chi connectivity index (χ0) is 65.4. The average Bonchev–Trinajstić information content (AvgIpc) is 1.52. The predicted molar refractivity (Wildman–Crippen MR) is 436 cm³/mol. The lowest BCUT2D eigenvalue weighted by Crippen LogP contribution is -2.24. The Morgan fingerprint density at radius 3 is 1.12 bits per heavy atom. The summed E-state index contributed by atoms with van der Waals surface area (Å²) in [6.45, 7) is 9.28. The fourth-order valence-electron chi connectivity index (χ4n) is 15.0. The van der Waals surface area contributed by atoms with Crippen molar-refractivity contribution in [3.63, 3.8) is 0 Å². The molecule has 1 unspecified atom stereocenters. The minimum Gasteiger partial charge on any atom is -0.309 e. The zero-order valence-corrected chi connectivity index (χ0v) is 65.1. The van der Waals surface area contributed by atoms with Crippen LogP contribution in [0.4, 0.5) is 0 Å². The Morgan fingerprint density at radius 1 is 0.305 bits per heavy atom. The van der Waals surface area contributed by atoms with Crippen molar-refractivity contribution in [2.75, 3.05) is 0 Å². The van der Waals surface area contributed by atoms with Gasteiger partial charge in [0.2, 0.25) is 0 Å². The van der Waals surface area contributed by atoms with Crippen molar-refractivity contribution in [2.45, 2.75) is 285 Å². The van der Waals surface area contributed by atoms with Gasteiger partial charge in [0, 0.05) is 91.1 Å². The van der Waals surface area contributed by atoms with Gasteiger partial charge >= 0.3 is 0 Å². The fourth-order valence-corrected chi connectivity index (χ4v) is 28.1. The number of fused-ring (bicyclic) bond motifs is 5. The number of hydrogen-bond acceptors (Lipinski definition) is 8. The molecule has 0 bridgehead atoms. The maximum Gasteiger partial charge on any atom is 0.174 e. The predicted octanol–water partition coefficient (Wildman–Crippen LogP) is 30.7. The van der Waals surface area contributed by atoms with E-state index in [0.717, 1.165) is 43.8 Å². The van der Waals surface area contributed by atoms with E-state index < -0.39 is 7.14 Å². The van der Waals surface area contributed by atoms with Crippen LogP contribution in [0.2, 0.25) is 0 Å². The van der Waals surface area contributed by atoms with Crippen LogP contribution in [-0.4, -0.2) is 0 Å². The number of rotatable bonds is 46. The maximum atomic E-state index is 17.8. The minimum atomic E-state index is -3.35. The molecule has 8 heterocycles. The molecule has 0 aliphatic carbocycles. The van der Waals surface area contributed by atoms with E-state index in [1.165, 1.54) is 331 Å². The van der Waals surface area contributed by atoms with Crippen molar-refractivity contribution < 1.29 is 4.57 Å². The molecule has 0 radical (unpaired) electrons. The van der Waals surface area contributed by atoms with Gasteiger partial charge in [-0.1, -0.05) is 300 Å². The van der Waals surface area contributed by atoms with Crippen LogP contribution < -0.4 is 15.9 Å². The molecule has 9 heteroatoms. The Kier molecular flexibility index (Phi) is 29.2. The summed E-state index contributed by atoms with van der Waals surface area (Å²) in [6, 6.07) is 41.9. The monoisotopic (exact) mass is 1410 g/mol. The highest BCUT2D eigenvalue weighted by atomic mass is 32.1. The molecule has 3 aromatic carbocycles. The second-order valence-corrected chi connectivity index (χ2v) is 37.8. The highest BCUT2D eigenvalue weighted by Gasteiger charge is 2.48. The molecule has 1 nitrogen and oxygen atoms in total. The number of aryl methyl sites for hydroxylation is 2. The Labute approximate surface area is 602 Å². The summed E-state index contributed by atoms with van der Waals surface area (Å²) in [7, 11) is -3.35. The second kappa shape index (κ2) is 38.2. The van der Waals surface area contributed by atoms with Gasteiger partial charge in [0.25, 0.3) is 0 Å². The number of unbranched alkanes of at least 4 members (excludes halogenated alkanes) is 32. The number of thiophene rings is 7. The molecule has 0 saturated heterocycles. The third kappa shape index (κ3) is 18.5. The Balaban J connectivity index is 1.04. The van der Waals surface area contributed by atoms with Crippen LogP contribution in [-0.2, 0) is 30.2 Å². The third-order valence-electron chi connectivity index (χ3n) is 20.3. The van der Waals surface area contributed by atoms with Gasteiger partial charge in [-0.3, -0.25) is 0 Å². The van der Waals surface area contributed by atoms with Gasteiger partial charge < -0.3 is 4.57 Å². The van der Waals surface area contributed by atoms with E-state index in [-0.39, 0.29) is 0 Å². The first-order chi connectivity index (χ1) is 46.9. The second-order valence-electron chi connectivity index (χ2n) is 27.8. The van der Waals surface area contributed by atoms with E-state index in [1.807, 2.05) is 45.3 Å². The van der Waals surface area contributed by atoms with E-state index in [1.54, 1.807) is 0 Å². The van der Waals surface area contributed by atoms with Crippen LogP contribution >= 0.6 is 86.5 Å². The minimum absolute atomic E-state index is 0.954. The SMILES string of the molecule is CCCCCCCCCCCCc1c(-c2ccccc2)sc2c1P(=O)(c1ccccc1)c1c-2sc(-c2cc3c(-c4ccc(CCCCCCCCCC)s4)c4sc(-c5cccs5)cc4c(-c4ccc(CCCCCCCCCC)s4)c3s2)c1CCCCCCCCCCCC. The van der Waals surface area contributed by atoms with Crippen molar-refractivity contribution in [2.24, 2.45) is 0 Å². The molecule has 1 atom stereocenters. The quantitative estimate of drug-likeness (QED) is 0.0275. The lowest BCUT2D eigenvalue weighted by molar-refractivity contribution is 0.556. The Hall–Kier alpha value is -3.69. The first-order valence-corrected chi connectivity index (χ1v) is 45.7. The summed E-state index contributed by atoms with van der Waals surface area (Å²) in [5.41, 5.74) is 6.88. The van der Waals surface area contributed by atoms with E-state index in [0.29, 0.717) is 0 Å². The summed E-state index contributed by atoms with van der Waals surface area (Å²) < 4.78 is 20.7. The molecule has 1 aliphatic rings. The van der Waals surface area contributed by atoms with E-state index in [4.69, 9.17) is 0 Å². The first-order valence-electron chi connectivity index (χ1n) is 38.2.